The molecule has 1 aromatic heterocycles. The van der Waals surface area contributed by atoms with Crippen molar-refractivity contribution in [1.29, 1.82) is 0 Å². The number of rotatable bonds is 12. The Morgan fingerprint density at radius 1 is 0.900 bits per heavy atom. The molecule has 1 rings (SSSR count). The van der Waals surface area contributed by atoms with E-state index in [9.17, 15) is 4.79 Å². The lowest BCUT2D eigenvalue weighted by Gasteiger charge is -2.02. The van der Waals surface area contributed by atoms with Gasteiger partial charge in [-0.2, -0.15) is 9.78 Å². The molecule has 0 saturated carbocycles. The molecule has 0 radical (unpaired) electrons. The number of carbonyl (C=O) groups is 1. The first kappa shape index (κ1) is 16.9. The van der Waals surface area contributed by atoms with Crippen molar-refractivity contribution in [3.8, 4) is 0 Å². The number of unbranched alkanes of at least 4 members (excludes halogenated alkanes) is 10. The number of nitrogens with zero attached hydrogens (tertiary/aromatic N) is 3. The summed E-state index contributed by atoms with van der Waals surface area (Å²) in [5.74, 6) is 0.0541. The summed E-state index contributed by atoms with van der Waals surface area (Å²) in [6.45, 7) is 2.26. The molecule has 1 heterocycles. The Morgan fingerprint density at radius 3 is 1.95 bits per heavy atom. The monoisotopic (exact) mass is 279 g/mol. The van der Waals surface area contributed by atoms with Crippen LogP contribution in [-0.2, 0) is 0 Å². The van der Waals surface area contributed by atoms with E-state index in [1.807, 2.05) is 0 Å². The third-order valence-corrected chi connectivity index (χ3v) is 3.67. The molecule has 0 bridgehead atoms. The highest BCUT2D eigenvalue weighted by molar-refractivity contribution is 5.77. The maximum Gasteiger partial charge on any atom is 0.248 e. The van der Waals surface area contributed by atoms with Crippen LogP contribution in [0.2, 0.25) is 0 Å². The number of hydrogen-bond acceptors (Lipinski definition) is 3. The fraction of sp³-hybridized carbons (Fsp3) is 0.812. The van der Waals surface area contributed by atoms with Gasteiger partial charge in [-0.05, 0) is 6.42 Å². The molecule has 0 aliphatic rings. The van der Waals surface area contributed by atoms with Crippen LogP contribution in [-0.4, -0.2) is 20.7 Å². The second kappa shape index (κ2) is 11.6. The van der Waals surface area contributed by atoms with Gasteiger partial charge in [0.05, 0.1) is 0 Å². The van der Waals surface area contributed by atoms with Crippen molar-refractivity contribution in [3.63, 3.8) is 0 Å². The van der Waals surface area contributed by atoms with Crippen LogP contribution in [0.15, 0.2) is 12.7 Å². The van der Waals surface area contributed by atoms with Crippen LogP contribution in [0.1, 0.15) is 88.8 Å². The standard InChI is InChI=1S/C16H29N3O/c1-2-3-4-5-6-7-8-9-10-11-12-13-16(20)19-15-17-14-18-19/h14-15H,2-13H2,1H3. The van der Waals surface area contributed by atoms with Gasteiger partial charge in [0.25, 0.3) is 0 Å². The lowest BCUT2D eigenvalue weighted by atomic mass is 10.1. The van der Waals surface area contributed by atoms with E-state index >= 15 is 0 Å². The molecule has 114 valence electrons. The van der Waals surface area contributed by atoms with Gasteiger partial charge in [-0.25, -0.2) is 4.98 Å². The summed E-state index contributed by atoms with van der Waals surface area (Å²) in [4.78, 5) is 15.4. The molecule has 0 aliphatic heterocycles. The lowest BCUT2D eigenvalue weighted by Crippen LogP contribution is -2.10. The van der Waals surface area contributed by atoms with Crippen LogP contribution in [0.25, 0.3) is 0 Å². The van der Waals surface area contributed by atoms with Gasteiger partial charge < -0.3 is 0 Å². The first-order valence-electron chi connectivity index (χ1n) is 8.22. The Kier molecular flexibility index (Phi) is 9.80. The Balaban J connectivity index is 1.82. The predicted molar refractivity (Wildman–Crippen MR) is 81.7 cm³/mol. The molecule has 0 aromatic carbocycles. The molecule has 1 aromatic rings. The zero-order valence-corrected chi connectivity index (χ0v) is 12.9. The topological polar surface area (TPSA) is 47.8 Å². The summed E-state index contributed by atoms with van der Waals surface area (Å²) in [5, 5.41) is 3.84. The van der Waals surface area contributed by atoms with Gasteiger partial charge in [-0.3, -0.25) is 4.79 Å². The first-order chi connectivity index (χ1) is 9.84. The van der Waals surface area contributed by atoms with Gasteiger partial charge in [-0.1, -0.05) is 71.1 Å². The molecule has 0 N–H and O–H groups in total. The third-order valence-electron chi connectivity index (χ3n) is 3.67. The molecule has 4 nitrogen and oxygen atoms in total. The normalized spacial score (nSPS) is 10.8. The molecule has 0 spiro atoms. The highest BCUT2D eigenvalue weighted by Gasteiger charge is 2.04. The molecular weight excluding hydrogens is 250 g/mol. The number of aromatic nitrogens is 3. The van der Waals surface area contributed by atoms with Crippen LogP contribution in [0.5, 0.6) is 0 Å². The minimum absolute atomic E-state index is 0.0541. The summed E-state index contributed by atoms with van der Waals surface area (Å²) < 4.78 is 1.33. The summed E-state index contributed by atoms with van der Waals surface area (Å²) in [7, 11) is 0. The molecule has 0 saturated heterocycles. The van der Waals surface area contributed by atoms with Crippen molar-refractivity contribution in [2.24, 2.45) is 0 Å². The Bertz CT molecular complexity index is 336. The minimum Gasteiger partial charge on any atom is -0.273 e. The van der Waals surface area contributed by atoms with E-state index < -0.39 is 0 Å². The van der Waals surface area contributed by atoms with Crippen LogP contribution in [0, 0.1) is 0 Å². The zero-order valence-electron chi connectivity index (χ0n) is 12.9. The Morgan fingerprint density at radius 2 is 1.45 bits per heavy atom. The van der Waals surface area contributed by atoms with E-state index in [1.54, 1.807) is 0 Å². The van der Waals surface area contributed by atoms with E-state index in [4.69, 9.17) is 0 Å². The fourth-order valence-corrected chi connectivity index (χ4v) is 2.39. The summed E-state index contributed by atoms with van der Waals surface area (Å²) in [5.41, 5.74) is 0. The van der Waals surface area contributed by atoms with E-state index in [0.29, 0.717) is 6.42 Å². The molecular formula is C16H29N3O. The lowest BCUT2D eigenvalue weighted by molar-refractivity contribution is 0.0882. The average Bonchev–Trinajstić information content (AvgIpc) is 2.99. The summed E-state index contributed by atoms with van der Waals surface area (Å²) >= 11 is 0. The second-order valence-corrected chi connectivity index (χ2v) is 5.52. The average molecular weight is 279 g/mol. The highest BCUT2D eigenvalue weighted by Crippen LogP contribution is 2.12. The van der Waals surface area contributed by atoms with E-state index in [0.717, 1.165) is 12.8 Å². The summed E-state index contributed by atoms with van der Waals surface area (Å²) in [6.07, 6.45) is 17.8. The van der Waals surface area contributed by atoms with E-state index in [2.05, 4.69) is 17.0 Å². The van der Waals surface area contributed by atoms with Crippen molar-refractivity contribution < 1.29 is 4.79 Å². The largest absolute Gasteiger partial charge is 0.273 e. The zero-order chi connectivity index (χ0) is 14.5. The van der Waals surface area contributed by atoms with Crippen molar-refractivity contribution in [2.75, 3.05) is 0 Å². The highest BCUT2D eigenvalue weighted by atomic mass is 16.2. The van der Waals surface area contributed by atoms with Crippen molar-refractivity contribution >= 4 is 5.91 Å². The van der Waals surface area contributed by atoms with Crippen LogP contribution < -0.4 is 0 Å². The van der Waals surface area contributed by atoms with Gasteiger partial charge in [0.1, 0.15) is 12.7 Å². The fourth-order valence-electron chi connectivity index (χ4n) is 2.39. The summed E-state index contributed by atoms with van der Waals surface area (Å²) in [6, 6.07) is 0. The van der Waals surface area contributed by atoms with Gasteiger partial charge >= 0.3 is 0 Å². The maximum absolute atomic E-state index is 11.6. The van der Waals surface area contributed by atoms with Crippen LogP contribution in [0.3, 0.4) is 0 Å². The van der Waals surface area contributed by atoms with Gasteiger partial charge in [0.15, 0.2) is 0 Å². The second-order valence-electron chi connectivity index (χ2n) is 5.52. The SMILES string of the molecule is CCCCCCCCCCCCCC(=O)n1cncn1. The Hall–Kier alpha value is -1.19. The van der Waals surface area contributed by atoms with Crippen molar-refractivity contribution in [2.45, 2.75) is 84.0 Å². The molecule has 0 aliphatic carbocycles. The molecule has 0 amide bonds. The predicted octanol–water partition coefficient (Wildman–Crippen LogP) is 4.62. The maximum atomic E-state index is 11.6. The molecule has 4 heteroatoms. The smallest absolute Gasteiger partial charge is 0.248 e. The van der Waals surface area contributed by atoms with Gasteiger partial charge in [-0.15, -0.1) is 0 Å². The Labute approximate surface area is 123 Å². The number of carbonyl (C=O) groups excluding carboxylic acids is 1. The van der Waals surface area contributed by atoms with E-state index in [1.165, 1.54) is 75.1 Å². The van der Waals surface area contributed by atoms with Crippen LogP contribution in [0.4, 0.5) is 0 Å². The molecule has 0 fully saturated rings. The third kappa shape index (κ3) is 8.08. The van der Waals surface area contributed by atoms with E-state index in [-0.39, 0.29) is 5.91 Å². The van der Waals surface area contributed by atoms with Crippen molar-refractivity contribution in [3.05, 3.63) is 12.7 Å². The molecule has 20 heavy (non-hydrogen) atoms. The minimum atomic E-state index is 0.0541. The quantitative estimate of drug-likeness (QED) is 0.524. The first-order valence-corrected chi connectivity index (χ1v) is 8.22. The molecule has 0 atom stereocenters. The van der Waals surface area contributed by atoms with Crippen molar-refractivity contribution in [1.82, 2.24) is 14.8 Å². The molecule has 0 unspecified atom stereocenters. The van der Waals surface area contributed by atoms with Gasteiger partial charge in [0.2, 0.25) is 5.91 Å². The number of hydrogen-bond donors (Lipinski definition) is 0. The van der Waals surface area contributed by atoms with Crippen LogP contribution >= 0.6 is 0 Å². The van der Waals surface area contributed by atoms with Gasteiger partial charge in [0, 0.05) is 6.42 Å².